The highest BCUT2D eigenvalue weighted by atomic mass is 35.5. The Hall–Kier alpha value is -3.00. The van der Waals surface area contributed by atoms with Crippen LogP contribution >= 0.6 is 35.0 Å². The number of amides is 2. The maximum Gasteiger partial charge on any atom is 0.337 e. The van der Waals surface area contributed by atoms with Crippen molar-refractivity contribution in [2.75, 3.05) is 16.4 Å². The number of anilines is 2. The molecule has 3 rings (SSSR count). The first-order valence-electron chi connectivity index (χ1n) is 8.94. The van der Waals surface area contributed by atoms with Crippen LogP contribution in [0.2, 0.25) is 10.0 Å². The molecular weight excluding hydrogens is 459 g/mol. The highest BCUT2D eigenvalue weighted by Gasteiger charge is 2.12. The molecule has 0 saturated carbocycles. The van der Waals surface area contributed by atoms with Crippen molar-refractivity contribution < 1.29 is 19.5 Å². The average Bonchev–Trinajstić information content (AvgIpc) is 2.74. The van der Waals surface area contributed by atoms with E-state index in [4.69, 9.17) is 28.3 Å². The molecule has 0 aliphatic carbocycles. The van der Waals surface area contributed by atoms with Crippen molar-refractivity contribution in [2.45, 2.75) is 4.90 Å². The van der Waals surface area contributed by atoms with Gasteiger partial charge in [0.2, 0.25) is 5.91 Å². The van der Waals surface area contributed by atoms with E-state index in [1.165, 1.54) is 30.0 Å². The predicted octanol–water partition coefficient (Wildman–Crippen LogP) is 5.67. The van der Waals surface area contributed by atoms with Crippen molar-refractivity contribution in [1.29, 1.82) is 0 Å². The minimum Gasteiger partial charge on any atom is -0.478 e. The first-order valence-corrected chi connectivity index (χ1v) is 10.7. The molecule has 0 bridgehead atoms. The second-order valence-corrected chi connectivity index (χ2v) is 8.22. The number of carboxylic acids is 1. The molecule has 0 radical (unpaired) electrons. The van der Waals surface area contributed by atoms with E-state index in [-0.39, 0.29) is 28.2 Å². The minimum atomic E-state index is -1.17. The summed E-state index contributed by atoms with van der Waals surface area (Å²) >= 11 is 13.0. The summed E-state index contributed by atoms with van der Waals surface area (Å²) in [6.07, 6.45) is 0. The van der Waals surface area contributed by atoms with Crippen molar-refractivity contribution >= 4 is 64.1 Å². The maximum absolute atomic E-state index is 12.4. The lowest BCUT2D eigenvalue weighted by Gasteiger charge is -2.09. The zero-order chi connectivity index (χ0) is 22.4. The molecule has 0 aliphatic rings. The third-order valence-corrected chi connectivity index (χ3v) is 5.59. The molecule has 0 fully saturated rings. The fourth-order valence-corrected chi connectivity index (χ4v) is 3.75. The number of hydrogen-bond donors (Lipinski definition) is 3. The average molecular weight is 475 g/mol. The quantitative estimate of drug-likeness (QED) is 0.383. The monoisotopic (exact) mass is 474 g/mol. The van der Waals surface area contributed by atoms with Crippen LogP contribution in [0.25, 0.3) is 0 Å². The van der Waals surface area contributed by atoms with Crippen LogP contribution in [-0.4, -0.2) is 28.6 Å². The molecule has 2 amide bonds. The number of benzene rings is 3. The van der Waals surface area contributed by atoms with Crippen LogP contribution in [0.4, 0.5) is 11.4 Å². The molecule has 158 valence electrons. The van der Waals surface area contributed by atoms with Crippen molar-refractivity contribution in [3.05, 3.63) is 87.9 Å². The lowest BCUT2D eigenvalue weighted by atomic mass is 10.2. The van der Waals surface area contributed by atoms with Crippen LogP contribution in [-0.2, 0) is 4.79 Å². The fraction of sp³-hybridized carbons (Fsp3) is 0.0455. The van der Waals surface area contributed by atoms with Gasteiger partial charge >= 0.3 is 5.97 Å². The Bertz CT molecular complexity index is 1150. The van der Waals surface area contributed by atoms with Crippen molar-refractivity contribution in [3.8, 4) is 0 Å². The third kappa shape index (κ3) is 6.49. The van der Waals surface area contributed by atoms with Gasteiger partial charge in [-0.3, -0.25) is 9.59 Å². The van der Waals surface area contributed by atoms with Gasteiger partial charge in [0.1, 0.15) is 0 Å². The van der Waals surface area contributed by atoms with Crippen LogP contribution in [0, 0.1) is 0 Å². The molecule has 0 aromatic heterocycles. The summed E-state index contributed by atoms with van der Waals surface area (Å²) in [6, 6.07) is 18.0. The first-order chi connectivity index (χ1) is 14.8. The molecule has 6 nitrogen and oxygen atoms in total. The Morgan fingerprint density at radius 1 is 0.871 bits per heavy atom. The van der Waals surface area contributed by atoms with Gasteiger partial charge in [-0.05, 0) is 54.6 Å². The van der Waals surface area contributed by atoms with Gasteiger partial charge in [0.15, 0.2) is 0 Å². The molecule has 3 aromatic rings. The number of carboxylic acid groups (broad SMARTS) is 1. The number of thioether (sulfide) groups is 1. The minimum absolute atomic E-state index is 0.0877. The standard InChI is InChI=1S/C22H16Cl2N2O4S/c23-14-4-1-3-13(9-14)21(28)26-15-5-2-6-17(10-15)31-12-20(27)25-16-7-8-19(24)18(11-16)22(29)30/h1-11H,12H2,(H,25,27)(H,26,28)(H,29,30). The lowest BCUT2D eigenvalue weighted by molar-refractivity contribution is -0.113. The molecule has 0 aliphatic heterocycles. The third-order valence-electron chi connectivity index (χ3n) is 4.03. The normalized spacial score (nSPS) is 10.4. The summed E-state index contributed by atoms with van der Waals surface area (Å²) in [5.41, 5.74) is 1.28. The van der Waals surface area contributed by atoms with E-state index in [1.807, 2.05) is 6.07 Å². The van der Waals surface area contributed by atoms with Crippen LogP contribution in [0.1, 0.15) is 20.7 Å². The van der Waals surface area contributed by atoms with Crippen molar-refractivity contribution in [3.63, 3.8) is 0 Å². The van der Waals surface area contributed by atoms with Crippen LogP contribution in [0.15, 0.2) is 71.6 Å². The largest absolute Gasteiger partial charge is 0.478 e. The molecule has 0 spiro atoms. The molecule has 0 unspecified atom stereocenters. The van der Waals surface area contributed by atoms with E-state index in [9.17, 15) is 14.4 Å². The summed E-state index contributed by atoms with van der Waals surface area (Å²) < 4.78 is 0. The van der Waals surface area contributed by atoms with Gasteiger partial charge in [0, 0.05) is 26.9 Å². The molecule has 0 atom stereocenters. The Morgan fingerprint density at radius 2 is 1.61 bits per heavy atom. The van der Waals surface area contributed by atoms with Gasteiger partial charge in [-0.25, -0.2) is 4.79 Å². The summed E-state index contributed by atoms with van der Waals surface area (Å²) in [5, 5.41) is 15.1. The maximum atomic E-state index is 12.4. The number of carbonyl (C=O) groups excluding carboxylic acids is 2. The molecule has 31 heavy (non-hydrogen) atoms. The highest BCUT2D eigenvalue weighted by Crippen LogP contribution is 2.24. The van der Waals surface area contributed by atoms with Gasteiger partial charge in [-0.15, -0.1) is 11.8 Å². The summed E-state index contributed by atoms with van der Waals surface area (Å²) in [5.74, 6) is -1.68. The highest BCUT2D eigenvalue weighted by molar-refractivity contribution is 8.00. The predicted molar refractivity (Wildman–Crippen MR) is 124 cm³/mol. The van der Waals surface area contributed by atoms with Gasteiger partial charge in [0.25, 0.3) is 5.91 Å². The number of aromatic carboxylic acids is 1. The number of carbonyl (C=O) groups is 3. The van der Waals surface area contributed by atoms with Gasteiger partial charge < -0.3 is 15.7 Å². The van der Waals surface area contributed by atoms with Gasteiger partial charge in [-0.2, -0.15) is 0 Å². The molecule has 3 aromatic carbocycles. The number of hydrogen-bond acceptors (Lipinski definition) is 4. The molecular formula is C22H16Cl2N2O4S. The zero-order valence-corrected chi connectivity index (χ0v) is 18.2. The first kappa shape index (κ1) is 22.7. The van der Waals surface area contributed by atoms with Crippen molar-refractivity contribution in [1.82, 2.24) is 0 Å². The van der Waals surface area contributed by atoms with E-state index in [2.05, 4.69) is 10.6 Å². The molecule has 0 saturated heterocycles. The van der Waals surface area contributed by atoms with Crippen LogP contribution in [0.3, 0.4) is 0 Å². The Labute approximate surface area is 192 Å². The topological polar surface area (TPSA) is 95.5 Å². The number of rotatable bonds is 7. The Balaban J connectivity index is 1.58. The molecule has 0 heterocycles. The van der Waals surface area contributed by atoms with Crippen molar-refractivity contribution in [2.24, 2.45) is 0 Å². The van der Waals surface area contributed by atoms with E-state index in [0.717, 1.165) is 4.90 Å². The van der Waals surface area contributed by atoms with E-state index >= 15 is 0 Å². The molecule has 3 N–H and O–H groups in total. The summed E-state index contributed by atoms with van der Waals surface area (Å²) in [7, 11) is 0. The Morgan fingerprint density at radius 3 is 2.35 bits per heavy atom. The van der Waals surface area contributed by atoms with Crippen LogP contribution < -0.4 is 10.6 Å². The number of halogens is 2. The molecule has 9 heteroatoms. The SMILES string of the molecule is O=C(CSc1cccc(NC(=O)c2cccc(Cl)c2)c1)Nc1ccc(Cl)c(C(=O)O)c1. The van der Waals surface area contributed by atoms with E-state index in [1.54, 1.807) is 42.5 Å². The summed E-state index contributed by atoms with van der Waals surface area (Å²) in [4.78, 5) is 36.5. The fourth-order valence-electron chi connectivity index (χ4n) is 2.61. The lowest BCUT2D eigenvalue weighted by Crippen LogP contribution is -2.14. The summed E-state index contributed by atoms with van der Waals surface area (Å²) in [6.45, 7) is 0. The van der Waals surface area contributed by atoms with E-state index in [0.29, 0.717) is 22.0 Å². The second kappa shape index (κ2) is 10.3. The van der Waals surface area contributed by atoms with Gasteiger partial charge in [0.05, 0.1) is 16.3 Å². The number of nitrogens with one attached hydrogen (secondary N) is 2. The van der Waals surface area contributed by atoms with Gasteiger partial charge in [-0.1, -0.05) is 35.3 Å². The second-order valence-electron chi connectivity index (χ2n) is 6.33. The smallest absolute Gasteiger partial charge is 0.337 e. The van der Waals surface area contributed by atoms with Crippen LogP contribution in [0.5, 0.6) is 0 Å². The van der Waals surface area contributed by atoms with E-state index < -0.39 is 5.97 Å². The zero-order valence-electron chi connectivity index (χ0n) is 15.9. The Kier molecular flexibility index (Phi) is 7.57.